The van der Waals surface area contributed by atoms with Gasteiger partial charge in [0.2, 0.25) is 0 Å². The highest BCUT2D eigenvalue weighted by Crippen LogP contribution is 2.14. The predicted molar refractivity (Wildman–Crippen MR) is 81.2 cm³/mol. The number of nitrogens with zero attached hydrogens (tertiary/aromatic N) is 2. The van der Waals surface area contributed by atoms with Gasteiger partial charge in [-0.2, -0.15) is 0 Å². The highest BCUT2D eigenvalue weighted by atomic mass is 16.7. The zero-order chi connectivity index (χ0) is 15.0. The monoisotopic (exact) mass is 284 g/mol. The molecule has 2 N–H and O–H groups in total. The zero-order valence-corrected chi connectivity index (χ0v) is 13.1. The Kier molecular flexibility index (Phi) is 7.58. The van der Waals surface area contributed by atoms with Gasteiger partial charge < -0.3 is 14.9 Å². The Labute approximate surface area is 122 Å². The topological polar surface area (TPSA) is 58.1 Å². The Morgan fingerprint density at radius 1 is 1.50 bits per heavy atom. The van der Waals surface area contributed by atoms with Gasteiger partial charge in [-0.15, -0.1) is 0 Å². The van der Waals surface area contributed by atoms with E-state index in [-0.39, 0.29) is 6.04 Å². The highest BCUT2D eigenvalue weighted by molar-refractivity contribution is 5.84. The highest BCUT2D eigenvalue weighted by Gasteiger charge is 2.21. The van der Waals surface area contributed by atoms with Crippen molar-refractivity contribution in [2.45, 2.75) is 32.7 Å². The summed E-state index contributed by atoms with van der Waals surface area (Å²) < 4.78 is 5.16. The molecule has 0 bridgehead atoms. The van der Waals surface area contributed by atoms with Crippen LogP contribution in [0, 0.1) is 5.92 Å². The Morgan fingerprint density at radius 3 is 2.70 bits per heavy atom. The quantitative estimate of drug-likeness (QED) is 0.320. The van der Waals surface area contributed by atoms with Gasteiger partial charge in [0.1, 0.15) is 11.6 Å². The van der Waals surface area contributed by atoms with Crippen molar-refractivity contribution >= 4 is 5.84 Å². The Hall–Kier alpha value is -1.11. The second-order valence-electron chi connectivity index (χ2n) is 5.25. The standard InChI is InChI=1S/C14H28N4O2/c1-11(2)20-18(4)17-14(16-12(3)10-19-5)13-6-8-15-9-7-13/h12-13,15H,1,6-10H2,2-5H3,(H,16,17)/t12-/m1/s1. The van der Waals surface area contributed by atoms with Gasteiger partial charge in [0.25, 0.3) is 0 Å². The molecule has 0 amide bonds. The van der Waals surface area contributed by atoms with Crippen molar-refractivity contribution in [3.05, 3.63) is 12.3 Å². The zero-order valence-electron chi connectivity index (χ0n) is 13.1. The molecule has 1 rings (SSSR count). The number of methoxy groups -OCH3 is 1. The van der Waals surface area contributed by atoms with Crippen LogP contribution in [0.4, 0.5) is 0 Å². The maximum Gasteiger partial charge on any atom is 0.117 e. The van der Waals surface area contributed by atoms with Gasteiger partial charge in [-0.05, 0) is 39.8 Å². The number of rotatable bonds is 7. The molecule has 0 aromatic rings. The SMILES string of the molecule is C=C(C)ON(C)NC(=N[C@H](C)COC)C1CCNCC1. The molecule has 1 heterocycles. The first-order valence-corrected chi connectivity index (χ1v) is 7.14. The number of ether oxygens (including phenoxy) is 1. The summed E-state index contributed by atoms with van der Waals surface area (Å²) in [6.45, 7) is 10.2. The molecule has 0 spiro atoms. The number of aliphatic imine (C=N–C) groups is 1. The van der Waals surface area contributed by atoms with Gasteiger partial charge in [0.15, 0.2) is 0 Å². The summed E-state index contributed by atoms with van der Waals surface area (Å²) in [5.41, 5.74) is 3.22. The fourth-order valence-electron chi connectivity index (χ4n) is 2.25. The first kappa shape index (κ1) is 16.9. The van der Waals surface area contributed by atoms with Crippen molar-refractivity contribution in [1.29, 1.82) is 0 Å². The van der Waals surface area contributed by atoms with Crippen LogP contribution >= 0.6 is 0 Å². The van der Waals surface area contributed by atoms with Crippen LogP contribution in [0.5, 0.6) is 0 Å². The lowest BCUT2D eigenvalue weighted by atomic mass is 9.97. The third-order valence-electron chi connectivity index (χ3n) is 3.06. The van der Waals surface area contributed by atoms with Crippen LogP contribution in [0.25, 0.3) is 0 Å². The van der Waals surface area contributed by atoms with Crippen molar-refractivity contribution in [1.82, 2.24) is 15.9 Å². The number of hydroxylamine groups is 1. The van der Waals surface area contributed by atoms with Crippen LogP contribution in [-0.2, 0) is 9.57 Å². The molecule has 1 aliphatic rings. The molecule has 1 atom stereocenters. The van der Waals surface area contributed by atoms with Gasteiger partial charge in [-0.1, -0.05) is 11.8 Å². The first-order valence-electron chi connectivity index (χ1n) is 7.14. The summed E-state index contributed by atoms with van der Waals surface area (Å²) in [6, 6.07) is 0.121. The average molecular weight is 284 g/mol. The molecule has 116 valence electrons. The van der Waals surface area contributed by atoms with Gasteiger partial charge >= 0.3 is 0 Å². The van der Waals surface area contributed by atoms with E-state index in [2.05, 4.69) is 17.3 Å². The molecule has 1 saturated heterocycles. The Bertz CT molecular complexity index is 327. The lowest BCUT2D eigenvalue weighted by molar-refractivity contribution is -0.121. The fraction of sp³-hybridized carbons (Fsp3) is 0.786. The Morgan fingerprint density at radius 2 is 2.15 bits per heavy atom. The molecule has 1 fully saturated rings. The molecule has 6 nitrogen and oxygen atoms in total. The van der Waals surface area contributed by atoms with Crippen LogP contribution in [-0.4, -0.2) is 50.9 Å². The molecule has 0 aromatic carbocycles. The summed E-state index contributed by atoms with van der Waals surface area (Å²) in [5, 5.41) is 4.93. The van der Waals surface area contributed by atoms with E-state index in [0.717, 1.165) is 31.8 Å². The van der Waals surface area contributed by atoms with E-state index >= 15 is 0 Å². The molecule has 0 aliphatic carbocycles. The van der Waals surface area contributed by atoms with E-state index in [1.807, 2.05) is 20.9 Å². The molecule has 0 unspecified atom stereocenters. The summed E-state index contributed by atoms with van der Waals surface area (Å²) in [6.07, 6.45) is 2.15. The number of hydrazine groups is 1. The maximum atomic E-state index is 5.41. The minimum atomic E-state index is 0.121. The van der Waals surface area contributed by atoms with E-state index in [9.17, 15) is 0 Å². The van der Waals surface area contributed by atoms with Crippen molar-refractivity contribution in [2.24, 2.45) is 10.9 Å². The van der Waals surface area contributed by atoms with Gasteiger partial charge in [-0.3, -0.25) is 10.4 Å². The van der Waals surface area contributed by atoms with E-state index in [4.69, 9.17) is 14.6 Å². The lowest BCUT2D eigenvalue weighted by Crippen LogP contribution is -2.45. The minimum absolute atomic E-state index is 0.121. The normalized spacial score (nSPS) is 18.9. The van der Waals surface area contributed by atoms with Crippen molar-refractivity contribution in [3.8, 4) is 0 Å². The molecule has 0 aromatic heterocycles. The van der Waals surface area contributed by atoms with Crippen LogP contribution in [0.3, 0.4) is 0 Å². The smallest absolute Gasteiger partial charge is 0.117 e. The number of hydrogen-bond donors (Lipinski definition) is 2. The third kappa shape index (κ3) is 6.36. The number of amidine groups is 1. The van der Waals surface area contributed by atoms with Crippen molar-refractivity contribution < 1.29 is 9.57 Å². The second kappa shape index (κ2) is 8.94. The molecule has 6 heteroatoms. The lowest BCUT2D eigenvalue weighted by Gasteiger charge is -2.29. The number of allylic oxidation sites excluding steroid dienone is 1. The molecular formula is C14H28N4O2. The van der Waals surface area contributed by atoms with E-state index in [1.54, 1.807) is 12.3 Å². The van der Waals surface area contributed by atoms with E-state index < -0.39 is 0 Å². The Balaban J connectivity index is 2.69. The van der Waals surface area contributed by atoms with Crippen LogP contribution in [0.1, 0.15) is 26.7 Å². The first-order chi connectivity index (χ1) is 9.52. The molecule has 0 saturated carbocycles. The van der Waals surface area contributed by atoms with Gasteiger partial charge in [0.05, 0.1) is 12.6 Å². The van der Waals surface area contributed by atoms with Crippen LogP contribution < -0.4 is 10.7 Å². The third-order valence-corrected chi connectivity index (χ3v) is 3.06. The molecule has 0 radical (unpaired) electrons. The van der Waals surface area contributed by atoms with Crippen LogP contribution in [0.2, 0.25) is 0 Å². The number of piperidine rings is 1. The minimum Gasteiger partial charge on any atom is -0.392 e. The summed E-state index contributed by atoms with van der Waals surface area (Å²) in [5.74, 6) is 2.01. The molecule has 1 aliphatic heterocycles. The van der Waals surface area contributed by atoms with Gasteiger partial charge in [0, 0.05) is 20.1 Å². The summed E-state index contributed by atoms with van der Waals surface area (Å²) >= 11 is 0. The maximum absolute atomic E-state index is 5.41. The van der Waals surface area contributed by atoms with Crippen molar-refractivity contribution in [3.63, 3.8) is 0 Å². The predicted octanol–water partition coefficient (Wildman–Crippen LogP) is 1.32. The summed E-state index contributed by atoms with van der Waals surface area (Å²) in [7, 11) is 3.51. The molecular weight excluding hydrogens is 256 g/mol. The molecule has 20 heavy (non-hydrogen) atoms. The number of hydrogen-bond acceptors (Lipinski definition) is 5. The van der Waals surface area contributed by atoms with E-state index in [1.165, 1.54) is 0 Å². The van der Waals surface area contributed by atoms with Crippen molar-refractivity contribution in [2.75, 3.05) is 33.9 Å². The van der Waals surface area contributed by atoms with Gasteiger partial charge in [-0.25, -0.2) is 0 Å². The number of nitrogens with one attached hydrogen (secondary N) is 2. The largest absolute Gasteiger partial charge is 0.392 e. The average Bonchev–Trinajstić information content (AvgIpc) is 2.38. The second-order valence-corrected chi connectivity index (χ2v) is 5.25. The fourth-order valence-corrected chi connectivity index (χ4v) is 2.25. The van der Waals surface area contributed by atoms with Crippen LogP contribution in [0.15, 0.2) is 17.3 Å². The summed E-state index contributed by atoms with van der Waals surface area (Å²) in [4.78, 5) is 10.2. The van der Waals surface area contributed by atoms with E-state index in [0.29, 0.717) is 18.3 Å².